The van der Waals surface area contributed by atoms with Gasteiger partial charge in [0.05, 0.1) is 23.1 Å². The van der Waals surface area contributed by atoms with E-state index in [4.69, 9.17) is 0 Å². The molecule has 0 saturated heterocycles. The van der Waals surface area contributed by atoms with Gasteiger partial charge in [-0.3, -0.25) is 5.10 Å². The molecule has 2 aromatic heterocycles. The van der Waals surface area contributed by atoms with Gasteiger partial charge in [-0.15, -0.1) is 0 Å². The molecule has 0 spiro atoms. The van der Waals surface area contributed by atoms with Crippen LogP contribution in [0.4, 0.5) is 0 Å². The summed E-state index contributed by atoms with van der Waals surface area (Å²) in [5, 5.41) is 15.8. The van der Waals surface area contributed by atoms with Crippen molar-refractivity contribution in [3.05, 3.63) is 17.6 Å². The highest BCUT2D eigenvalue weighted by Crippen LogP contribution is 2.13. The SMILES string of the molecule is Cc1nnc(C)c2[nH]ncc12. The molecule has 4 heteroatoms. The van der Waals surface area contributed by atoms with Crippen molar-refractivity contribution < 1.29 is 0 Å². The molecule has 0 aliphatic heterocycles. The third kappa shape index (κ3) is 0.790. The number of nitrogens with zero attached hydrogens (tertiary/aromatic N) is 3. The zero-order valence-electron chi connectivity index (χ0n) is 6.42. The maximum atomic E-state index is 3.97. The van der Waals surface area contributed by atoms with Gasteiger partial charge in [-0.05, 0) is 13.8 Å². The summed E-state index contributed by atoms with van der Waals surface area (Å²) in [4.78, 5) is 0. The van der Waals surface area contributed by atoms with Crippen LogP contribution in [0.3, 0.4) is 0 Å². The van der Waals surface area contributed by atoms with Crippen molar-refractivity contribution in [3.8, 4) is 0 Å². The van der Waals surface area contributed by atoms with Gasteiger partial charge in [0.1, 0.15) is 0 Å². The van der Waals surface area contributed by atoms with Crippen LogP contribution in [0.5, 0.6) is 0 Å². The highest BCUT2D eigenvalue weighted by Gasteiger charge is 2.03. The number of hydrogen-bond acceptors (Lipinski definition) is 3. The van der Waals surface area contributed by atoms with Gasteiger partial charge in [0.25, 0.3) is 0 Å². The molecule has 2 heterocycles. The Hall–Kier alpha value is -1.45. The molecule has 0 aromatic carbocycles. The van der Waals surface area contributed by atoms with Crippen LogP contribution in [-0.2, 0) is 0 Å². The van der Waals surface area contributed by atoms with Gasteiger partial charge in [0.2, 0.25) is 0 Å². The van der Waals surface area contributed by atoms with Crippen molar-refractivity contribution >= 4 is 10.9 Å². The predicted octanol–water partition coefficient (Wildman–Crippen LogP) is 0.970. The lowest BCUT2D eigenvalue weighted by molar-refractivity contribution is 0.959. The first-order valence-corrected chi connectivity index (χ1v) is 3.42. The van der Waals surface area contributed by atoms with E-state index in [0.29, 0.717) is 0 Å². The number of aryl methyl sites for hydroxylation is 2. The topological polar surface area (TPSA) is 54.5 Å². The number of aromatic amines is 1. The van der Waals surface area contributed by atoms with Gasteiger partial charge >= 0.3 is 0 Å². The molecule has 0 bridgehead atoms. The van der Waals surface area contributed by atoms with E-state index in [2.05, 4.69) is 20.4 Å². The van der Waals surface area contributed by atoms with Gasteiger partial charge in [-0.1, -0.05) is 0 Å². The molecule has 0 saturated carbocycles. The molecule has 0 unspecified atom stereocenters. The highest BCUT2D eigenvalue weighted by atomic mass is 15.2. The Labute approximate surface area is 63.6 Å². The summed E-state index contributed by atoms with van der Waals surface area (Å²) in [6, 6.07) is 0. The molecule has 0 aliphatic rings. The van der Waals surface area contributed by atoms with E-state index < -0.39 is 0 Å². The third-order valence-corrected chi connectivity index (χ3v) is 1.74. The predicted molar refractivity (Wildman–Crippen MR) is 41.2 cm³/mol. The second-order valence-corrected chi connectivity index (χ2v) is 2.53. The number of nitrogens with one attached hydrogen (secondary N) is 1. The Morgan fingerprint density at radius 1 is 1.18 bits per heavy atom. The zero-order valence-corrected chi connectivity index (χ0v) is 6.42. The molecular formula is C7H8N4. The summed E-state index contributed by atoms with van der Waals surface area (Å²) in [6.45, 7) is 3.83. The average Bonchev–Trinajstić information content (AvgIpc) is 2.45. The Kier molecular flexibility index (Phi) is 1.15. The maximum absolute atomic E-state index is 3.97. The van der Waals surface area contributed by atoms with Gasteiger partial charge in [0.15, 0.2) is 0 Å². The molecule has 0 radical (unpaired) electrons. The van der Waals surface area contributed by atoms with Gasteiger partial charge in [0, 0.05) is 5.39 Å². The minimum Gasteiger partial charge on any atom is -0.276 e. The van der Waals surface area contributed by atoms with E-state index in [0.717, 1.165) is 22.3 Å². The Morgan fingerprint density at radius 3 is 2.64 bits per heavy atom. The van der Waals surface area contributed by atoms with Crippen LogP contribution in [0.25, 0.3) is 10.9 Å². The molecule has 11 heavy (non-hydrogen) atoms. The molecule has 4 nitrogen and oxygen atoms in total. The van der Waals surface area contributed by atoms with Crippen LogP contribution in [0.1, 0.15) is 11.4 Å². The van der Waals surface area contributed by atoms with E-state index in [1.807, 2.05) is 13.8 Å². The van der Waals surface area contributed by atoms with Crippen molar-refractivity contribution in [3.63, 3.8) is 0 Å². The average molecular weight is 148 g/mol. The fourth-order valence-corrected chi connectivity index (χ4v) is 1.09. The Morgan fingerprint density at radius 2 is 1.91 bits per heavy atom. The Balaban J connectivity index is 2.96. The fraction of sp³-hybridized carbons (Fsp3) is 0.286. The van der Waals surface area contributed by atoms with E-state index in [9.17, 15) is 0 Å². The second kappa shape index (κ2) is 2.02. The van der Waals surface area contributed by atoms with E-state index >= 15 is 0 Å². The number of fused-ring (bicyclic) bond motifs is 1. The Bertz CT molecular complexity index is 354. The van der Waals surface area contributed by atoms with Crippen molar-refractivity contribution in [1.29, 1.82) is 0 Å². The van der Waals surface area contributed by atoms with Crippen LogP contribution in [0, 0.1) is 13.8 Å². The standard InChI is InChI=1S/C7H8N4/c1-4-6-3-8-11-7(6)5(2)10-9-4/h3H,1-2H3,(H,8,11). The first-order chi connectivity index (χ1) is 5.29. The largest absolute Gasteiger partial charge is 0.276 e. The maximum Gasteiger partial charge on any atom is 0.0899 e. The summed E-state index contributed by atoms with van der Waals surface area (Å²) in [6.07, 6.45) is 1.77. The summed E-state index contributed by atoms with van der Waals surface area (Å²) in [5.41, 5.74) is 2.79. The van der Waals surface area contributed by atoms with E-state index in [1.165, 1.54) is 0 Å². The first-order valence-electron chi connectivity index (χ1n) is 3.42. The molecule has 0 aliphatic carbocycles. The molecule has 1 N–H and O–H groups in total. The summed E-state index contributed by atoms with van der Waals surface area (Å²) >= 11 is 0. The van der Waals surface area contributed by atoms with Gasteiger partial charge in [-0.25, -0.2) is 0 Å². The lowest BCUT2D eigenvalue weighted by atomic mass is 10.2. The quantitative estimate of drug-likeness (QED) is 0.605. The molecule has 0 fully saturated rings. The fourth-order valence-electron chi connectivity index (χ4n) is 1.09. The van der Waals surface area contributed by atoms with Crippen LogP contribution >= 0.6 is 0 Å². The summed E-state index contributed by atoms with van der Waals surface area (Å²) < 4.78 is 0. The van der Waals surface area contributed by atoms with Crippen molar-refractivity contribution in [2.24, 2.45) is 0 Å². The number of rotatable bonds is 0. The molecule has 56 valence electrons. The van der Waals surface area contributed by atoms with Crippen molar-refractivity contribution in [2.45, 2.75) is 13.8 Å². The summed E-state index contributed by atoms with van der Waals surface area (Å²) in [5.74, 6) is 0. The van der Waals surface area contributed by atoms with Crippen LogP contribution < -0.4 is 0 Å². The zero-order chi connectivity index (χ0) is 7.84. The summed E-state index contributed by atoms with van der Waals surface area (Å²) in [7, 11) is 0. The lowest BCUT2D eigenvalue weighted by Gasteiger charge is -1.94. The smallest absolute Gasteiger partial charge is 0.0899 e. The number of H-pyrrole nitrogens is 1. The van der Waals surface area contributed by atoms with Crippen LogP contribution in [0.15, 0.2) is 6.20 Å². The molecule has 2 rings (SSSR count). The lowest BCUT2D eigenvalue weighted by Crippen LogP contribution is -1.90. The van der Waals surface area contributed by atoms with Crippen LogP contribution in [0.2, 0.25) is 0 Å². The molecule has 0 amide bonds. The van der Waals surface area contributed by atoms with E-state index in [1.54, 1.807) is 6.20 Å². The number of aromatic nitrogens is 4. The minimum absolute atomic E-state index is 0.892. The van der Waals surface area contributed by atoms with E-state index in [-0.39, 0.29) is 0 Å². The highest BCUT2D eigenvalue weighted by molar-refractivity contribution is 5.81. The van der Waals surface area contributed by atoms with Crippen molar-refractivity contribution in [2.75, 3.05) is 0 Å². The molecule has 0 atom stereocenters. The minimum atomic E-state index is 0.892. The van der Waals surface area contributed by atoms with Gasteiger partial charge in [-0.2, -0.15) is 15.3 Å². The van der Waals surface area contributed by atoms with Crippen LogP contribution in [-0.4, -0.2) is 20.4 Å². The normalized spacial score (nSPS) is 10.7. The second-order valence-electron chi connectivity index (χ2n) is 2.53. The first kappa shape index (κ1) is 6.27. The molecule has 2 aromatic rings. The van der Waals surface area contributed by atoms with Gasteiger partial charge < -0.3 is 0 Å². The van der Waals surface area contributed by atoms with Crippen molar-refractivity contribution in [1.82, 2.24) is 20.4 Å². The third-order valence-electron chi connectivity index (χ3n) is 1.74. The monoisotopic (exact) mass is 148 g/mol. The molecular weight excluding hydrogens is 140 g/mol. The number of hydrogen-bond donors (Lipinski definition) is 1.